The number of aliphatic hydroxyl groups is 1. The Balaban J connectivity index is 1.54. The van der Waals surface area contributed by atoms with Crippen molar-refractivity contribution in [3.8, 4) is 11.5 Å². The van der Waals surface area contributed by atoms with Gasteiger partial charge in [0.2, 0.25) is 5.91 Å². The third kappa shape index (κ3) is 8.16. The molecule has 1 saturated carbocycles. The van der Waals surface area contributed by atoms with Crippen LogP contribution in [0.5, 0.6) is 11.5 Å². The molecule has 1 aliphatic carbocycles. The molecule has 0 radical (unpaired) electrons. The van der Waals surface area contributed by atoms with Crippen LogP contribution in [0.15, 0.2) is 48.5 Å². The number of amides is 2. The Morgan fingerprint density at radius 2 is 1.83 bits per heavy atom. The smallest absolute Gasteiger partial charge is 0.408 e. The monoisotopic (exact) mass is 582 g/mol. The summed E-state index contributed by atoms with van der Waals surface area (Å²) >= 11 is 0. The number of hydrogen-bond donors (Lipinski definition) is 2. The van der Waals surface area contributed by atoms with Crippen molar-refractivity contribution in [2.24, 2.45) is 11.3 Å². The van der Waals surface area contributed by atoms with Crippen molar-refractivity contribution in [2.45, 2.75) is 77.7 Å². The molecule has 0 aromatic heterocycles. The molecule has 4 atom stereocenters. The molecule has 1 heterocycles. The number of nitrogens with one attached hydrogen (secondary N) is 1. The maximum Gasteiger partial charge on any atom is 0.408 e. The summed E-state index contributed by atoms with van der Waals surface area (Å²) in [5, 5.41) is 13.7. The zero-order valence-electron chi connectivity index (χ0n) is 25.7. The fourth-order valence-electron chi connectivity index (χ4n) is 5.32. The first-order valence-corrected chi connectivity index (χ1v) is 14.8. The predicted octanol–water partition coefficient (Wildman–Crippen LogP) is 4.91. The van der Waals surface area contributed by atoms with Crippen molar-refractivity contribution in [1.29, 1.82) is 0 Å². The first-order chi connectivity index (χ1) is 19.9. The number of alkyl carbamates (subject to hydrolysis) is 1. The topological polar surface area (TPSA) is 107 Å². The van der Waals surface area contributed by atoms with Crippen LogP contribution in [0.4, 0.5) is 4.79 Å². The summed E-state index contributed by atoms with van der Waals surface area (Å²) in [5.41, 5.74) is 0.555. The van der Waals surface area contributed by atoms with Crippen LogP contribution < -0.4 is 14.8 Å². The van der Waals surface area contributed by atoms with Gasteiger partial charge in [-0.2, -0.15) is 0 Å². The molecule has 2 fully saturated rings. The zero-order valence-corrected chi connectivity index (χ0v) is 25.7. The van der Waals surface area contributed by atoms with Gasteiger partial charge in [-0.1, -0.05) is 43.3 Å². The predicted molar refractivity (Wildman–Crippen MR) is 160 cm³/mol. The van der Waals surface area contributed by atoms with E-state index in [9.17, 15) is 14.7 Å². The van der Waals surface area contributed by atoms with E-state index in [4.69, 9.17) is 18.9 Å². The highest BCUT2D eigenvalue weighted by atomic mass is 16.6. The summed E-state index contributed by atoms with van der Waals surface area (Å²) < 4.78 is 23.0. The minimum Gasteiger partial charge on any atom is -0.493 e. The molecule has 9 nitrogen and oxygen atoms in total. The van der Waals surface area contributed by atoms with Gasteiger partial charge in [-0.05, 0) is 69.7 Å². The van der Waals surface area contributed by atoms with E-state index in [1.54, 1.807) is 39.7 Å². The second kappa shape index (κ2) is 13.3. The van der Waals surface area contributed by atoms with Crippen LogP contribution >= 0.6 is 0 Å². The molecule has 4 rings (SSSR count). The maximum atomic E-state index is 14.0. The van der Waals surface area contributed by atoms with E-state index in [2.05, 4.69) is 5.32 Å². The SMILES string of the molecule is COc1ccc([C@@H]2CN(C(=O)[C@H](COCc3ccccc3)NC(=O)OC(C)(C)C)C[C@@]2(C)[C@@H](C)O)cc1OCC1CC1. The lowest BCUT2D eigenvalue weighted by Crippen LogP contribution is -2.52. The van der Waals surface area contributed by atoms with Gasteiger partial charge in [0.15, 0.2) is 11.5 Å². The van der Waals surface area contributed by atoms with Gasteiger partial charge < -0.3 is 34.3 Å². The summed E-state index contributed by atoms with van der Waals surface area (Å²) in [5.74, 6) is 1.43. The van der Waals surface area contributed by atoms with Gasteiger partial charge in [0, 0.05) is 24.4 Å². The molecule has 2 aliphatic rings. The van der Waals surface area contributed by atoms with Gasteiger partial charge in [0.05, 0.1) is 33.0 Å². The molecule has 1 aliphatic heterocycles. The van der Waals surface area contributed by atoms with Gasteiger partial charge in [0.1, 0.15) is 11.6 Å². The van der Waals surface area contributed by atoms with Gasteiger partial charge in [0.25, 0.3) is 0 Å². The normalized spacial score (nSPS) is 21.9. The number of nitrogens with zero attached hydrogens (tertiary/aromatic N) is 1. The molecule has 2 N–H and O–H groups in total. The molecule has 9 heteroatoms. The molecule has 1 saturated heterocycles. The maximum absolute atomic E-state index is 14.0. The van der Waals surface area contributed by atoms with Crippen LogP contribution in [0.1, 0.15) is 64.5 Å². The number of aliphatic hydroxyl groups excluding tert-OH is 1. The molecule has 2 amide bonds. The van der Waals surface area contributed by atoms with Crippen molar-refractivity contribution < 1.29 is 33.6 Å². The van der Waals surface area contributed by atoms with Gasteiger partial charge in [-0.3, -0.25) is 4.79 Å². The molecular formula is C33H46N2O7. The van der Waals surface area contributed by atoms with Crippen LogP contribution in [0.2, 0.25) is 0 Å². The molecule has 0 bridgehead atoms. The number of rotatable bonds is 12. The zero-order chi connectivity index (χ0) is 30.5. The van der Waals surface area contributed by atoms with Gasteiger partial charge >= 0.3 is 6.09 Å². The van der Waals surface area contributed by atoms with Crippen LogP contribution in [-0.2, 0) is 20.9 Å². The number of carbonyl (C=O) groups excluding carboxylic acids is 2. The highest BCUT2D eigenvalue weighted by Crippen LogP contribution is 2.47. The van der Waals surface area contributed by atoms with Crippen molar-refractivity contribution in [2.75, 3.05) is 33.4 Å². The largest absolute Gasteiger partial charge is 0.493 e. The van der Waals surface area contributed by atoms with E-state index >= 15 is 0 Å². The third-order valence-corrected chi connectivity index (χ3v) is 8.14. The van der Waals surface area contributed by atoms with E-state index in [-0.39, 0.29) is 18.4 Å². The molecular weight excluding hydrogens is 536 g/mol. The second-order valence-corrected chi connectivity index (χ2v) is 12.8. The van der Waals surface area contributed by atoms with Crippen LogP contribution in [-0.4, -0.2) is 73.2 Å². The lowest BCUT2D eigenvalue weighted by molar-refractivity contribution is -0.134. The van der Waals surface area contributed by atoms with Gasteiger partial charge in [-0.15, -0.1) is 0 Å². The summed E-state index contributed by atoms with van der Waals surface area (Å²) in [6.07, 6.45) is 0.959. The van der Waals surface area contributed by atoms with E-state index in [0.717, 1.165) is 11.1 Å². The Hall–Kier alpha value is -3.30. The summed E-state index contributed by atoms with van der Waals surface area (Å²) in [7, 11) is 1.62. The fourth-order valence-corrected chi connectivity index (χ4v) is 5.32. The Kier molecular flexibility index (Phi) is 10.0. The van der Waals surface area contributed by atoms with E-state index in [0.29, 0.717) is 43.7 Å². The summed E-state index contributed by atoms with van der Waals surface area (Å²) in [4.78, 5) is 28.4. The quantitative estimate of drug-likeness (QED) is 0.366. The summed E-state index contributed by atoms with van der Waals surface area (Å²) in [6, 6.07) is 14.5. The van der Waals surface area contributed by atoms with Crippen LogP contribution in [0, 0.1) is 11.3 Å². The molecule has 230 valence electrons. The average molecular weight is 583 g/mol. The minimum absolute atomic E-state index is 0.0266. The second-order valence-electron chi connectivity index (χ2n) is 12.8. The van der Waals surface area contributed by atoms with Crippen LogP contribution in [0.3, 0.4) is 0 Å². The molecule has 2 aromatic carbocycles. The van der Waals surface area contributed by atoms with E-state index in [1.165, 1.54) is 12.8 Å². The lowest BCUT2D eigenvalue weighted by Gasteiger charge is -2.34. The van der Waals surface area contributed by atoms with Crippen LogP contribution in [0.25, 0.3) is 0 Å². The number of likely N-dealkylation sites (tertiary alicyclic amines) is 1. The lowest BCUT2D eigenvalue weighted by atomic mass is 9.72. The molecule has 0 spiro atoms. The average Bonchev–Trinajstić information content (AvgIpc) is 3.70. The van der Waals surface area contributed by atoms with Gasteiger partial charge in [-0.25, -0.2) is 4.79 Å². The van der Waals surface area contributed by atoms with E-state index in [1.807, 2.05) is 55.5 Å². The van der Waals surface area contributed by atoms with E-state index < -0.39 is 29.3 Å². The minimum atomic E-state index is -0.964. The summed E-state index contributed by atoms with van der Waals surface area (Å²) in [6.45, 7) is 10.6. The first-order valence-electron chi connectivity index (χ1n) is 14.8. The van der Waals surface area contributed by atoms with Crippen molar-refractivity contribution in [1.82, 2.24) is 10.2 Å². The standard InChI is InChI=1S/C33H46N2O7/c1-22(36)33(5)21-35(17-26(33)25-14-15-28(39-6)29(16-25)41-19-24-12-13-24)30(37)27(34-31(38)42-32(2,3)4)20-40-18-23-10-8-7-9-11-23/h7-11,14-16,22,24,26-27,36H,12-13,17-21H2,1-6H3,(H,34,38)/t22-,26+,27+,33+/m1/s1. The number of ether oxygens (including phenoxy) is 4. The number of carbonyl (C=O) groups is 2. The highest BCUT2D eigenvalue weighted by molar-refractivity contribution is 5.86. The Labute approximate surface area is 249 Å². The molecule has 0 unspecified atom stereocenters. The number of benzene rings is 2. The Bertz CT molecular complexity index is 1210. The molecule has 2 aromatic rings. The molecule has 42 heavy (non-hydrogen) atoms. The Morgan fingerprint density at radius 3 is 2.45 bits per heavy atom. The number of hydrogen-bond acceptors (Lipinski definition) is 7. The Morgan fingerprint density at radius 1 is 1.12 bits per heavy atom. The number of methoxy groups -OCH3 is 1. The van der Waals surface area contributed by atoms with Crippen molar-refractivity contribution >= 4 is 12.0 Å². The van der Waals surface area contributed by atoms with Crippen molar-refractivity contribution in [3.63, 3.8) is 0 Å². The van der Waals surface area contributed by atoms with Crippen molar-refractivity contribution in [3.05, 3.63) is 59.7 Å². The first kappa shape index (κ1) is 31.6. The third-order valence-electron chi connectivity index (χ3n) is 8.14. The fraction of sp³-hybridized carbons (Fsp3) is 0.576. The highest BCUT2D eigenvalue weighted by Gasteiger charge is 2.49.